The SMILES string of the molecule is CN(Cc1cccnc1)[C@H](CO)c1cccc(Br)c1. The van der Waals surface area contributed by atoms with Crippen LogP contribution in [0.25, 0.3) is 0 Å². The van der Waals surface area contributed by atoms with Crippen LogP contribution in [0.4, 0.5) is 0 Å². The Morgan fingerprint density at radius 3 is 2.79 bits per heavy atom. The summed E-state index contributed by atoms with van der Waals surface area (Å²) in [6.07, 6.45) is 3.62. The molecule has 0 aliphatic rings. The molecule has 0 fully saturated rings. The van der Waals surface area contributed by atoms with Crippen molar-refractivity contribution in [2.75, 3.05) is 13.7 Å². The summed E-state index contributed by atoms with van der Waals surface area (Å²) in [6, 6.07) is 12.0. The minimum absolute atomic E-state index is 0.0160. The standard InChI is InChI=1S/C15H17BrN2O/c1-18(10-12-4-3-7-17-9-12)15(11-19)13-5-2-6-14(16)8-13/h2-9,15,19H,10-11H2,1H3/t15-/m1/s1. The minimum Gasteiger partial charge on any atom is -0.394 e. The molecule has 2 aromatic rings. The van der Waals surface area contributed by atoms with E-state index in [0.29, 0.717) is 0 Å². The van der Waals surface area contributed by atoms with Crippen molar-refractivity contribution in [1.82, 2.24) is 9.88 Å². The average molecular weight is 321 g/mol. The monoisotopic (exact) mass is 320 g/mol. The second-order valence-electron chi connectivity index (χ2n) is 4.53. The van der Waals surface area contributed by atoms with E-state index >= 15 is 0 Å². The number of benzene rings is 1. The maximum atomic E-state index is 9.65. The van der Waals surface area contributed by atoms with Gasteiger partial charge in [0.2, 0.25) is 0 Å². The number of aliphatic hydroxyl groups is 1. The Bertz CT molecular complexity index is 519. The van der Waals surface area contributed by atoms with E-state index in [9.17, 15) is 5.11 Å². The Kier molecular flexibility index (Phi) is 5.07. The molecule has 4 heteroatoms. The van der Waals surface area contributed by atoms with Crippen molar-refractivity contribution in [3.8, 4) is 0 Å². The Balaban J connectivity index is 2.13. The van der Waals surface area contributed by atoms with E-state index < -0.39 is 0 Å². The van der Waals surface area contributed by atoms with Crippen LogP contribution in [0.1, 0.15) is 17.2 Å². The summed E-state index contributed by atoms with van der Waals surface area (Å²) in [6.45, 7) is 0.846. The Hall–Kier alpha value is -1.23. The molecular weight excluding hydrogens is 304 g/mol. The number of pyridine rings is 1. The van der Waals surface area contributed by atoms with Gasteiger partial charge in [-0.15, -0.1) is 0 Å². The number of rotatable bonds is 5. The molecule has 1 heterocycles. The molecular formula is C15H17BrN2O. The number of hydrogen-bond donors (Lipinski definition) is 1. The van der Waals surface area contributed by atoms with Crippen LogP contribution < -0.4 is 0 Å². The van der Waals surface area contributed by atoms with Crippen LogP contribution >= 0.6 is 15.9 Å². The fourth-order valence-electron chi connectivity index (χ4n) is 2.10. The van der Waals surface area contributed by atoms with Crippen LogP contribution in [0.2, 0.25) is 0 Å². The van der Waals surface area contributed by atoms with E-state index in [1.54, 1.807) is 6.20 Å². The number of aromatic nitrogens is 1. The lowest BCUT2D eigenvalue weighted by molar-refractivity contribution is 0.142. The molecule has 1 aromatic heterocycles. The van der Waals surface area contributed by atoms with Gasteiger partial charge in [0.1, 0.15) is 0 Å². The van der Waals surface area contributed by atoms with E-state index in [1.807, 2.05) is 49.6 Å². The third kappa shape index (κ3) is 3.86. The molecule has 0 bridgehead atoms. The second kappa shape index (κ2) is 6.80. The summed E-state index contributed by atoms with van der Waals surface area (Å²) in [5, 5.41) is 9.65. The predicted octanol–water partition coefficient (Wildman–Crippen LogP) is 3.01. The van der Waals surface area contributed by atoms with Crippen molar-refractivity contribution in [3.63, 3.8) is 0 Å². The van der Waals surface area contributed by atoms with Crippen molar-refractivity contribution in [2.24, 2.45) is 0 Å². The first kappa shape index (κ1) is 14.2. The third-order valence-corrected chi connectivity index (χ3v) is 3.59. The minimum atomic E-state index is -0.0160. The highest BCUT2D eigenvalue weighted by atomic mass is 79.9. The number of hydrogen-bond acceptors (Lipinski definition) is 3. The van der Waals surface area contributed by atoms with Crippen LogP contribution in [-0.4, -0.2) is 28.6 Å². The van der Waals surface area contributed by atoms with Crippen molar-refractivity contribution < 1.29 is 5.11 Å². The maximum absolute atomic E-state index is 9.65. The molecule has 0 aliphatic carbocycles. The molecule has 0 saturated carbocycles. The molecule has 0 spiro atoms. The van der Waals surface area contributed by atoms with Crippen LogP contribution in [0.5, 0.6) is 0 Å². The zero-order valence-corrected chi connectivity index (χ0v) is 12.4. The van der Waals surface area contributed by atoms with Gasteiger partial charge < -0.3 is 5.11 Å². The topological polar surface area (TPSA) is 36.4 Å². The van der Waals surface area contributed by atoms with Gasteiger partial charge in [-0.1, -0.05) is 34.1 Å². The van der Waals surface area contributed by atoms with E-state index in [2.05, 4.69) is 25.8 Å². The van der Waals surface area contributed by atoms with Gasteiger partial charge in [-0.3, -0.25) is 9.88 Å². The quantitative estimate of drug-likeness (QED) is 0.920. The van der Waals surface area contributed by atoms with Gasteiger partial charge in [-0.25, -0.2) is 0 Å². The Morgan fingerprint density at radius 1 is 1.32 bits per heavy atom. The molecule has 1 atom stereocenters. The molecule has 0 radical (unpaired) electrons. The highest BCUT2D eigenvalue weighted by Gasteiger charge is 2.16. The first-order chi connectivity index (χ1) is 9.20. The number of halogens is 1. The van der Waals surface area contributed by atoms with Crippen LogP contribution in [0.15, 0.2) is 53.3 Å². The van der Waals surface area contributed by atoms with Gasteiger partial charge in [0.15, 0.2) is 0 Å². The Labute approximate surface area is 122 Å². The lowest BCUT2D eigenvalue weighted by Gasteiger charge is -2.27. The number of likely N-dealkylation sites (N-methyl/N-ethyl adjacent to an activating group) is 1. The molecule has 0 amide bonds. The van der Waals surface area contributed by atoms with E-state index in [1.165, 1.54) is 0 Å². The van der Waals surface area contributed by atoms with Gasteiger partial charge in [-0.05, 0) is 36.4 Å². The summed E-state index contributed by atoms with van der Waals surface area (Å²) >= 11 is 3.47. The number of aliphatic hydroxyl groups excluding tert-OH is 1. The molecule has 0 saturated heterocycles. The third-order valence-electron chi connectivity index (χ3n) is 3.09. The summed E-state index contributed by atoms with van der Waals surface area (Å²) in [7, 11) is 2.01. The van der Waals surface area contributed by atoms with Crippen molar-refractivity contribution in [3.05, 3.63) is 64.4 Å². The largest absolute Gasteiger partial charge is 0.394 e. The van der Waals surface area contributed by atoms with Crippen molar-refractivity contribution in [2.45, 2.75) is 12.6 Å². The molecule has 0 aliphatic heterocycles. The number of nitrogens with zero attached hydrogens (tertiary/aromatic N) is 2. The molecule has 2 rings (SSSR count). The van der Waals surface area contributed by atoms with Crippen molar-refractivity contribution in [1.29, 1.82) is 0 Å². The smallest absolute Gasteiger partial charge is 0.0628 e. The first-order valence-corrected chi connectivity index (χ1v) is 6.95. The van der Waals surface area contributed by atoms with Gasteiger partial charge in [0.25, 0.3) is 0 Å². The van der Waals surface area contributed by atoms with Crippen LogP contribution in [0, 0.1) is 0 Å². The Morgan fingerprint density at radius 2 is 2.16 bits per heavy atom. The van der Waals surface area contributed by atoms with Gasteiger partial charge >= 0.3 is 0 Å². The zero-order valence-electron chi connectivity index (χ0n) is 10.8. The summed E-state index contributed by atoms with van der Waals surface area (Å²) in [4.78, 5) is 6.24. The summed E-state index contributed by atoms with van der Waals surface area (Å²) < 4.78 is 1.03. The van der Waals surface area contributed by atoms with Crippen molar-refractivity contribution >= 4 is 15.9 Å². The van der Waals surface area contributed by atoms with Crippen LogP contribution in [-0.2, 0) is 6.54 Å². The first-order valence-electron chi connectivity index (χ1n) is 6.16. The normalized spacial score (nSPS) is 12.6. The van der Waals surface area contributed by atoms with Gasteiger partial charge in [0, 0.05) is 23.4 Å². The molecule has 19 heavy (non-hydrogen) atoms. The maximum Gasteiger partial charge on any atom is 0.0628 e. The zero-order chi connectivity index (χ0) is 13.7. The van der Waals surface area contributed by atoms with Crippen LogP contribution in [0.3, 0.4) is 0 Å². The molecule has 3 nitrogen and oxygen atoms in total. The molecule has 0 unspecified atom stereocenters. The second-order valence-corrected chi connectivity index (χ2v) is 5.45. The predicted molar refractivity (Wildman–Crippen MR) is 79.7 cm³/mol. The molecule has 1 N–H and O–H groups in total. The highest BCUT2D eigenvalue weighted by Crippen LogP contribution is 2.23. The van der Waals surface area contributed by atoms with E-state index in [0.717, 1.165) is 22.1 Å². The fraction of sp³-hybridized carbons (Fsp3) is 0.267. The van der Waals surface area contributed by atoms with Gasteiger partial charge in [-0.2, -0.15) is 0 Å². The summed E-state index contributed by atoms with van der Waals surface area (Å²) in [5.41, 5.74) is 2.24. The average Bonchev–Trinajstić information content (AvgIpc) is 2.41. The van der Waals surface area contributed by atoms with E-state index in [-0.39, 0.29) is 12.6 Å². The molecule has 100 valence electrons. The lowest BCUT2D eigenvalue weighted by atomic mass is 10.1. The lowest BCUT2D eigenvalue weighted by Crippen LogP contribution is -2.27. The summed E-state index contributed by atoms with van der Waals surface area (Å²) in [5.74, 6) is 0. The molecule has 1 aromatic carbocycles. The van der Waals surface area contributed by atoms with Gasteiger partial charge in [0.05, 0.1) is 12.6 Å². The van der Waals surface area contributed by atoms with E-state index in [4.69, 9.17) is 0 Å². The fourth-order valence-corrected chi connectivity index (χ4v) is 2.52. The highest BCUT2D eigenvalue weighted by molar-refractivity contribution is 9.10.